The van der Waals surface area contributed by atoms with Gasteiger partial charge in [0.25, 0.3) is 0 Å². The highest BCUT2D eigenvalue weighted by Gasteiger charge is 2.21. The molecule has 0 heterocycles. The lowest BCUT2D eigenvalue weighted by Crippen LogP contribution is -2.46. The molecule has 0 rings (SSSR count). The Kier molecular flexibility index (Phi) is 5.98. The van der Waals surface area contributed by atoms with Gasteiger partial charge in [0.2, 0.25) is 11.8 Å². The molecule has 16 heavy (non-hydrogen) atoms. The number of carbonyl (C=O) groups is 2. The third-order valence-corrected chi connectivity index (χ3v) is 1.90. The largest absolute Gasteiger partial charge is 0.394 e. The monoisotopic (exact) mass is 232 g/mol. The Labute approximate surface area is 95.0 Å². The first-order valence-corrected chi connectivity index (χ1v) is 5.10. The van der Waals surface area contributed by atoms with Crippen LogP contribution in [0.2, 0.25) is 0 Å². The average Bonchev–Trinajstić information content (AvgIpc) is 2.20. The lowest BCUT2D eigenvalue weighted by atomic mass is 9.96. The fourth-order valence-electron chi connectivity index (χ4n) is 0.853. The molecule has 0 aliphatic carbocycles. The summed E-state index contributed by atoms with van der Waals surface area (Å²) in [5.74, 6) is -0.669. The highest BCUT2D eigenvalue weighted by molar-refractivity contribution is 5.87. The summed E-state index contributed by atoms with van der Waals surface area (Å²) in [5, 5.41) is 22.3. The molecule has 0 saturated carbocycles. The molecule has 0 aromatic heterocycles. The summed E-state index contributed by atoms with van der Waals surface area (Å²) < 4.78 is 0. The van der Waals surface area contributed by atoms with Gasteiger partial charge in [-0.15, -0.1) is 0 Å². The van der Waals surface area contributed by atoms with Crippen molar-refractivity contribution >= 4 is 11.8 Å². The van der Waals surface area contributed by atoms with E-state index < -0.39 is 17.4 Å². The van der Waals surface area contributed by atoms with Crippen molar-refractivity contribution in [3.8, 4) is 0 Å². The van der Waals surface area contributed by atoms with E-state index in [0.717, 1.165) is 0 Å². The molecule has 0 fully saturated rings. The van der Waals surface area contributed by atoms with Crippen LogP contribution < -0.4 is 10.6 Å². The Balaban J connectivity index is 3.95. The summed E-state index contributed by atoms with van der Waals surface area (Å²) in [6.45, 7) is 4.39. The van der Waals surface area contributed by atoms with Gasteiger partial charge in [0.1, 0.15) is 0 Å². The van der Waals surface area contributed by atoms with Crippen LogP contribution in [0.1, 0.15) is 20.8 Å². The maximum Gasteiger partial charge on any atom is 0.239 e. The molecule has 0 spiro atoms. The van der Waals surface area contributed by atoms with E-state index in [9.17, 15) is 9.59 Å². The second-order valence-corrected chi connectivity index (χ2v) is 4.56. The minimum atomic E-state index is -0.681. The van der Waals surface area contributed by atoms with Crippen LogP contribution in [0.25, 0.3) is 0 Å². The maximum absolute atomic E-state index is 11.4. The molecule has 6 nitrogen and oxygen atoms in total. The van der Waals surface area contributed by atoms with Crippen molar-refractivity contribution < 1.29 is 19.8 Å². The molecule has 0 saturated heterocycles. The number of hydrogen-bond donors (Lipinski definition) is 4. The minimum absolute atomic E-state index is 0.160. The molecule has 0 bridgehead atoms. The number of hydrogen-bond acceptors (Lipinski definition) is 4. The van der Waals surface area contributed by atoms with Crippen LogP contribution >= 0.6 is 0 Å². The van der Waals surface area contributed by atoms with Crippen LogP contribution in [0.15, 0.2) is 0 Å². The first-order valence-electron chi connectivity index (χ1n) is 5.10. The van der Waals surface area contributed by atoms with Gasteiger partial charge in [-0.25, -0.2) is 0 Å². The van der Waals surface area contributed by atoms with Crippen molar-refractivity contribution in [3.63, 3.8) is 0 Å². The zero-order valence-electron chi connectivity index (χ0n) is 9.91. The number of carbonyl (C=O) groups excluding carboxylic acids is 2. The van der Waals surface area contributed by atoms with Gasteiger partial charge in [0.15, 0.2) is 0 Å². The van der Waals surface area contributed by atoms with Crippen molar-refractivity contribution in [2.45, 2.75) is 26.8 Å². The number of nitrogens with one attached hydrogen (secondary N) is 2. The van der Waals surface area contributed by atoms with Crippen molar-refractivity contribution in [2.24, 2.45) is 5.41 Å². The van der Waals surface area contributed by atoms with E-state index in [2.05, 4.69) is 10.6 Å². The van der Waals surface area contributed by atoms with Crippen LogP contribution in [-0.4, -0.2) is 47.8 Å². The van der Waals surface area contributed by atoms with Gasteiger partial charge in [-0.1, -0.05) is 20.8 Å². The molecule has 0 aromatic carbocycles. The number of amides is 2. The molecule has 2 amide bonds. The minimum Gasteiger partial charge on any atom is -0.394 e. The third kappa shape index (κ3) is 5.67. The highest BCUT2D eigenvalue weighted by Crippen LogP contribution is 2.11. The maximum atomic E-state index is 11.4. The molecular weight excluding hydrogens is 212 g/mol. The van der Waals surface area contributed by atoms with E-state index in [1.165, 1.54) is 0 Å². The zero-order valence-corrected chi connectivity index (χ0v) is 9.91. The van der Waals surface area contributed by atoms with Gasteiger partial charge in [0, 0.05) is 5.41 Å². The zero-order chi connectivity index (χ0) is 12.8. The quantitative estimate of drug-likeness (QED) is 0.469. The SMILES string of the molecule is CC(C)(C)C(=O)NCC(=O)NC(CO)CO. The Morgan fingerprint density at radius 3 is 2.06 bits per heavy atom. The fraction of sp³-hybridized carbons (Fsp3) is 0.800. The molecule has 0 aliphatic rings. The Morgan fingerprint density at radius 1 is 1.19 bits per heavy atom. The van der Waals surface area contributed by atoms with Crippen LogP contribution in [0.5, 0.6) is 0 Å². The molecule has 0 unspecified atom stereocenters. The average molecular weight is 232 g/mol. The molecule has 0 aromatic rings. The van der Waals surface area contributed by atoms with E-state index in [0.29, 0.717) is 0 Å². The number of rotatable bonds is 5. The summed E-state index contributed by atoms with van der Waals surface area (Å²) in [6.07, 6.45) is 0. The second-order valence-electron chi connectivity index (χ2n) is 4.56. The van der Waals surface area contributed by atoms with Crippen LogP contribution in [-0.2, 0) is 9.59 Å². The Hall–Kier alpha value is -1.14. The molecule has 94 valence electrons. The van der Waals surface area contributed by atoms with Gasteiger partial charge in [-0.05, 0) is 0 Å². The Bertz CT molecular complexity index is 244. The van der Waals surface area contributed by atoms with Crippen LogP contribution in [0.3, 0.4) is 0 Å². The molecule has 4 N–H and O–H groups in total. The molecule has 0 atom stereocenters. The summed E-state index contributed by atoms with van der Waals surface area (Å²) in [4.78, 5) is 22.7. The standard InChI is InChI=1S/C10H20N2O4/c1-10(2,3)9(16)11-4-8(15)12-7(5-13)6-14/h7,13-14H,4-6H2,1-3H3,(H,11,16)(H,12,15). The second kappa shape index (κ2) is 6.44. The van der Waals surface area contributed by atoms with Gasteiger partial charge >= 0.3 is 0 Å². The van der Waals surface area contributed by atoms with Gasteiger partial charge < -0.3 is 20.8 Å². The highest BCUT2D eigenvalue weighted by atomic mass is 16.3. The first kappa shape index (κ1) is 14.9. The lowest BCUT2D eigenvalue weighted by molar-refractivity contribution is -0.131. The smallest absolute Gasteiger partial charge is 0.239 e. The van der Waals surface area contributed by atoms with Crippen molar-refractivity contribution in [2.75, 3.05) is 19.8 Å². The number of aliphatic hydroxyl groups is 2. The van der Waals surface area contributed by atoms with Crippen LogP contribution in [0.4, 0.5) is 0 Å². The van der Waals surface area contributed by atoms with E-state index >= 15 is 0 Å². The van der Waals surface area contributed by atoms with Crippen molar-refractivity contribution in [1.29, 1.82) is 0 Å². The normalized spacial score (nSPS) is 11.4. The summed E-state index contributed by atoms with van der Waals surface area (Å²) in [5.41, 5.74) is -0.548. The third-order valence-electron chi connectivity index (χ3n) is 1.90. The molecular formula is C10H20N2O4. The summed E-state index contributed by atoms with van der Waals surface area (Å²) >= 11 is 0. The summed E-state index contributed by atoms with van der Waals surface area (Å²) in [6, 6.07) is -0.681. The van der Waals surface area contributed by atoms with Gasteiger partial charge in [-0.3, -0.25) is 9.59 Å². The van der Waals surface area contributed by atoms with Crippen molar-refractivity contribution in [1.82, 2.24) is 10.6 Å². The fourth-order valence-corrected chi connectivity index (χ4v) is 0.853. The number of aliphatic hydroxyl groups excluding tert-OH is 2. The van der Waals surface area contributed by atoms with Gasteiger partial charge in [-0.2, -0.15) is 0 Å². The van der Waals surface area contributed by atoms with Crippen LogP contribution in [0, 0.1) is 5.41 Å². The van der Waals surface area contributed by atoms with Crippen molar-refractivity contribution in [3.05, 3.63) is 0 Å². The van der Waals surface area contributed by atoms with E-state index in [-0.39, 0.29) is 25.7 Å². The lowest BCUT2D eigenvalue weighted by Gasteiger charge is -2.18. The van der Waals surface area contributed by atoms with E-state index in [1.807, 2.05) is 0 Å². The predicted octanol–water partition coefficient (Wildman–Crippen LogP) is -1.38. The first-order chi connectivity index (χ1) is 7.31. The molecule has 0 aliphatic heterocycles. The Morgan fingerprint density at radius 2 is 1.69 bits per heavy atom. The van der Waals surface area contributed by atoms with E-state index in [4.69, 9.17) is 10.2 Å². The molecule has 6 heteroatoms. The summed E-state index contributed by atoms with van der Waals surface area (Å²) in [7, 11) is 0. The predicted molar refractivity (Wildman–Crippen MR) is 58.6 cm³/mol. The van der Waals surface area contributed by atoms with E-state index in [1.54, 1.807) is 20.8 Å². The molecule has 0 radical (unpaired) electrons. The topological polar surface area (TPSA) is 98.7 Å². The van der Waals surface area contributed by atoms with Gasteiger partial charge in [0.05, 0.1) is 25.8 Å².